The highest BCUT2D eigenvalue weighted by molar-refractivity contribution is 9.10. The molecule has 4 heterocycles. The van der Waals surface area contributed by atoms with Crippen LogP contribution in [0.1, 0.15) is 24.1 Å². The summed E-state index contributed by atoms with van der Waals surface area (Å²) in [5.74, 6) is 0. The van der Waals surface area contributed by atoms with Crippen molar-refractivity contribution >= 4 is 27.3 Å². The Balaban J connectivity index is 1.64. The van der Waals surface area contributed by atoms with Crippen LogP contribution in [0.25, 0.3) is 5.65 Å². The predicted molar refractivity (Wildman–Crippen MR) is 90.4 cm³/mol. The first-order valence-corrected chi connectivity index (χ1v) is 8.39. The molecule has 114 valence electrons. The van der Waals surface area contributed by atoms with Crippen LogP contribution >= 0.6 is 15.9 Å². The zero-order valence-corrected chi connectivity index (χ0v) is 14.1. The third-order valence-corrected chi connectivity index (χ3v) is 4.85. The Morgan fingerprint density at radius 3 is 2.68 bits per heavy atom. The van der Waals surface area contributed by atoms with Crippen LogP contribution in [0.4, 0.5) is 5.69 Å². The molecule has 5 nitrogen and oxygen atoms in total. The summed E-state index contributed by atoms with van der Waals surface area (Å²) in [6, 6.07) is 4.28. The largest absolute Gasteiger partial charge is 0.370 e. The zero-order valence-electron chi connectivity index (χ0n) is 12.5. The number of hydrogen-bond acceptors (Lipinski definition) is 3. The van der Waals surface area contributed by atoms with Crippen LogP contribution in [0.5, 0.6) is 0 Å². The molecule has 0 aliphatic carbocycles. The Labute approximate surface area is 137 Å². The monoisotopic (exact) mass is 359 g/mol. The van der Waals surface area contributed by atoms with E-state index in [2.05, 4.69) is 54.9 Å². The standard InChI is InChI=1S/C16H18BrN5/c1-20-9-12(16(17)19-20)8-13-10-22-11-14(4-5-15(22)18-13)21-6-2-3-7-21/h4-5,9-11H,2-3,6-8H2,1H3. The lowest BCUT2D eigenvalue weighted by molar-refractivity contribution is 0.760. The molecule has 1 saturated heterocycles. The second kappa shape index (κ2) is 5.43. The molecular formula is C16H18BrN5. The summed E-state index contributed by atoms with van der Waals surface area (Å²) in [5.41, 5.74) is 4.51. The van der Waals surface area contributed by atoms with Crippen molar-refractivity contribution in [2.45, 2.75) is 19.3 Å². The van der Waals surface area contributed by atoms with Gasteiger partial charge in [-0.3, -0.25) is 4.68 Å². The van der Waals surface area contributed by atoms with Gasteiger partial charge in [0.2, 0.25) is 0 Å². The average molecular weight is 360 g/mol. The maximum atomic E-state index is 4.71. The Morgan fingerprint density at radius 2 is 1.95 bits per heavy atom. The van der Waals surface area contributed by atoms with Gasteiger partial charge in [-0.2, -0.15) is 5.10 Å². The highest BCUT2D eigenvalue weighted by Gasteiger charge is 2.14. The van der Waals surface area contributed by atoms with Crippen LogP contribution in [-0.4, -0.2) is 32.3 Å². The minimum atomic E-state index is 0.787. The molecule has 22 heavy (non-hydrogen) atoms. The SMILES string of the molecule is Cn1cc(Cc2cn3cc(N4CCCC4)ccc3n2)c(Br)n1. The van der Waals surface area contributed by atoms with Crippen molar-refractivity contribution in [3.63, 3.8) is 0 Å². The van der Waals surface area contributed by atoms with E-state index in [4.69, 9.17) is 4.98 Å². The Bertz CT molecular complexity index is 813. The molecule has 0 aromatic carbocycles. The maximum absolute atomic E-state index is 4.71. The number of hydrogen-bond donors (Lipinski definition) is 0. The van der Waals surface area contributed by atoms with E-state index in [1.165, 1.54) is 18.5 Å². The molecule has 3 aromatic heterocycles. The molecule has 0 N–H and O–H groups in total. The fraction of sp³-hybridized carbons (Fsp3) is 0.375. The molecule has 1 aliphatic heterocycles. The number of pyridine rings is 1. The van der Waals surface area contributed by atoms with Gasteiger partial charge >= 0.3 is 0 Å². The number of nitrogens with zero attached hydrogens (tertiary/aromatic N) is 5. The van der Waals surface area contributed by atoms with Crippen molar-refractivity contribution < 1.29 is 0 Å². The van der Waals surface area contributed by atoms with Gasteiger partial charge < -0.3 is 9.30 Å². The minimum absolute atomic E-state index is 0.787. The van der Waals surface area contributed by atoms with E-state index in [1.807, 2.05) is 17.9 Å². The van der Waals surface area contributed by atoms with Crippen LogP contribution < -0.4 is 4.90 Å². The second-order valence-corrected chi connectivity index (χ2v) is 6.63. The zero-order chi connectivity index (χ0) is 15.1. The van der Waals surface area contributed by atoms with Crippen LogP contribution in [0.15, 0.2) is 35.3 Å². The van der Waals surface area contributed by atoms with E-state index in [-0.39, 0.29) is 0 Å². The van der Waals surface area contributed by atoms with Gasteiger partial charge in [-0.05, 0) is 40.9 Å². The van der Waals surface area contributed by atoms with Crippen LogP contribution in [-0.2, 0) is 13.5 Å². The second-order valence-electron chi connectivity index (χ2n) is 5.87. The van der Waals surface area contributed by atoms with Crippen LogP contribution in [0.2, 0.25) is 0 Å². The van der Waals surface area contributed by atoms with Crippen molar-refractivity contribution in [2.75, 3.05) is 18.0 Å². The van der Waals surface area contributed by atoms with E-state index >= 15 is 0 Å². The highest BCUT2D eigenvalue weighted by atomic mass is 79.9. The summed E-state index contributed by atoms with van der Waals surface area (Å²) >= 11 is 3.50. The Hall–Kier alpha value is -1.82. The lowest BCUT2D eigenvalue weighted by Crippen LogP contribution is -2.17. The van der Waals surface area contributed by atoms with Crippen molar-refractivity contribution in [3.8, 4) is 0 Å². The maximum Gasteiger partial charge on any atom is 0.137 e. The summed E-state index contributed by atoms with van der Waals surface area (Å²) in [6.45, 7) is 2.32. The van der Waals surface area contributed by atoms with E-state index in [1.54, 1.807) is 0 Å². The Kier molecular flexibility index (Phi) is 3.41. The van der Waals surface area contributed by atoms with E-state index < -0.39 is 0 Å². The molecule has 0 unspecified atom stereocenters. The number of halogens is 1. The number of rotatable bonds is 3. The molecule has 3 aromatic rings. The van der Waals surface area contributed by atoms with Gasteiger partial charge in [-0.15, -0.1) is 0 Å². The predicted octanol–water partition coefficient (Wildman–Crippen LogP) is 3.02. The molecule has 0 radical (unpaired) electrons. The van der Waals surface area contributed by atoms with Crippen molar-refractivity contribution in [2.24, 2.45) is 7.05 Å². The first-order valence-electron chi connectivity index (χ1n) is 7.60. The topological polar surface area (TPSA) is 38.4 Å². The number of anilines is 1. The van der Waals surface area contributed by atoms with E-state index in [9.17, 15) is 0 Å². The van der Waals surface area contributed by atoms with Gasteiger partial charge in [0, 0.05) is 50.7 Å². The first-order chi connectivity index (χ1) is 10.7. The molecule has 0 amide bonds. The first kappa shape index (κ1) is 13.8. The fourth-order valence-electron chi connectivity index (χ4n) is 3.10. The molecule has 4 rings (SSSR count). The summed E-state index contributed by atoms with van der Waals surface area (Å²) < 4.78 is 4.85. The third-order valence-electron chi connectivity index (χ3n) is 4.18. The molecule has 1 fully saturated rings. The number of fused-ring (bicyclic) bond motifs is 1. The molecule has 0 bridgehead atoms. The molecule has 0 spiro atoms. The normalized spacial score (nSPS) is 15.1. The van der Waals surface area contributed by atoms with E-state index in [0.717, 1.165) is 41.0 Å². The van der Waals surface area contributed by atoms with Crippen molar-refractivity contribution in [1.82, 2.24) is 19.2 Å². The van der Waals surface area contributed by atoms with Gasteiger partial charge in [-0.25, -0.2) is 4.98 Å². The summed E-state index contributed by atoms with van der Waals surface area (Å²) in [4.78, 5) is 7.15. The number of aromatic nitrogens is 4. The molecular weight excluding hydrogens is 342 g/mol. The molecule has 1 aliphatic rings. The van der Waals surface area contributed by atoms with Gasteiger partial charge in [0.25, 0.3) is 0 Å². The van der Waals surface area contributed by atoms with Crippen LogP contribution in [0.3, 0.4) is 0 Å². The summed E-state index contributed by atoms with van der Waals surface area (Å²) in [7, 11) is 1.93. The lowest BCUT2D eigenvalue weighted by Gasteiger charge is -2.17. The fourth-order valence-corrected chi connectivity index (χ4v) is 3.60. The van der Waals surface area contributed by atoms with Crippen molar-refractivity contribution in [3.05, 3.63) is 46.6 Å². The minimum Gasteiger partial charge on any atom is -0.370 e. The van der Waals surface area contributed by atoms with Crippen LogP contribution in [0, 0.1) is 0 Å². The van der Waals surface area contributed by atoms with Gasteiger partial charge in [-0.1, -0.05) is 0 Å². The Morgan fingerprint density at radius 1 is 1.14 bits per heavy atom. The quantitative estimate of drug-likeness (QED) is 0.721. The highest BCUT2D eigenvalue weighted by Crippen LogP contribution is 2.22. The van der Waals surface area contributed by atoms with Gasteiger partial charge in [0.1, 0.15) is 10.3 Å². The smallest absolute Gasteiger partial charge is 0.137 e. The molecule has 6 heteroatoms. The third kappa shape index (κ3) is 2.52. The van der Waals surface area contributed by atoms with Gasteiger partial charge in [0.15, 0.2) is 0 Å². The molecule has 0 atom stereocenters. The van der Waals surface area contributed by atoms with E-state index in [0.29, 0.717) is 0 Å². The summed E-state index contributed by atoms with van der Waals surface area (Å²) in [6.07, 6.45) is 9.72. The average Bonchev–Trinajstić information content (AvgIpc) is 3.19. The van der Waals surface area contributed by atoms with Gasteiger partial charge in [0.05, 0.1) is 11.4 Å². The summed E-state index contributed by atoms with van der Waals surface area (Å²) in [5, 5.41) is 4.32. The number of imidazole rings is 1. The lowest BCUT2D eigenvalue weighted by atomic mass is 10.2. The van der Waals surface area contributed by atoms with Crippen molar-refractivity contribution in [1.29, 1.82) is 0 Å². The number of aryl methyl sites for hydroxylation is 1. The molecule has 0 saturated carbocycles.